The predicted molar refractivity (Wildman–Crippen MR) is 122 cm³/mol. The molecule has 1 aliphatic heterocycles. The molecule has 0 saturated carbocycles. The molecule has 7 nitrogen and oxygen atoms in total. The number of amides is 1. The summed E-state index contributed by atoms with van der Waals surface area (Å²) in [5.74, 6) is 0.0356. The molecule has 1 aromatic heterocycles. The third-order valence-corrected chi connectivity index (χ3v) is 6.94. The van der Waals surface area contributed by atoms with Gasteiger partial charge in [-0.2, -0.15) is 0 Å². The molecule has 0 spiro atoms. The number of hydrogen-bond donors (Lipinski definition) is 2. The van der Waals surface area contributed by atoms with Gasteiger partial charge in [0.05, 0.1) is 19.7 Å². The lowest BCUT2D eigenvalue weighted by molar-refractivity contribution is 0.0897. The Morgan fingerprint density at radius 3 is 2.61 bits per heavy atom. The van der Waals surface area contributed by atoms with E-state index in [1.54, 1.807) is 19.4 Å². The van der Waals surface area contributed by atoms with E-state index in [-0.39, 0.29) is 17.0 Å². The molecular weight excluding hydrogens is 425 g/mol. The van der Waals surface area contributed by atoms with Gasteiger partial charge in [-0.25, -0.2) is 4.39 Å². The molecule has 3 N–H and O–H groups in total. The van der Waals surface area contributed by atoms with E-state index in [0.29, 0.717) is 36.3 Å². The van der Waals surface area contributed by atoms with Gasteiger partial charge in [0.25, 0.3) is 5.91 Å². The molecule has 2 aromatic carbocycles. The zero-order valence-corrected chi connectivity index (χ0v) is 18.8. The van der Waals surface area contributed by atoms with Gasteiger partial charge in [-0.3, -0.25) is 9.59 Å². The molecule has 0 bridgehead atoms. The molecule has 2 aliphatic rings. The Kier molecular flexibility index (Phi) is 4.93. The average Bonchev–Trinajstić information content (AvgIpc) is 3.11. The molecule has 1 amide bonds. The lowest BCUT2D eigenvalue weighted by Crippen LogP contribution is -2.52. The number of hydrogen-bond acceptors (Lipinski definition) is 5. The number of benzene rings is 2. The standard InChI is InChI=1S/C25H26FN3O4/c1-13-4-5-15-8-16(26)10-17-22(15)29(13)12-18(23(17)30)24(31)28-25(27)7-6-14-9-20(32-2)21(33-3)11-19(14)25/h8-13H,4-7,27H2,1-3H3,(H,28,31). The summed E-state index contributed by atoms with van der Waals surface area (Å²) in [7, 11) is 3.09. The maximum absolute atomic E-state index is 14.2. The maximum atomic E-state index is 14.2. The van der Waals surface area contributed by atoms with Crippen molar-refractivity contribution in [2.24, 2.45) is 5.73 Å². The zero-order valence-electron chi connectivity index (χ0n) is 18.8. The van der Waals surface area contributed by atoms with Crippen LogP contribution in [0.4, 0.5) is 4.39 Å². The summed E-state index contributed by atoms with van der Waals surface area (Å²) in [6.45, 7) is 2.02. The fourth-order valence-electron chi connectivity index (χ4n) is 5.15. The second-order valence-electron chi connectivity index (χ2n) is 8.92. The number of pyridine rings is 1. The van der Waals surface area contributed by atoms with E-state index >= 15 is 0 Å². The first-order valence-corrected chi connectivity index (χ1v) is 11.0. The Morgan fingerprint density at radius 2 is 1.88 bits per heavy atom. The van der Waals surface area contributed by atoms with Gasteiger partial charge in [0.2, 0.25) is 5.43 Å². The molecule has 2 heterocycles. The lowest BCUT2D eigenvalue weighted by atomic mass is 9.95. The lowest BCUT2D eigenvalue weighted by Gasteiger charge is -2.29. The van der Waals surface area contributed by atoms with Gasteiger partial charge < -0.3 is 25.1 Å². The van der Waals surface area contributed by atoms with E-state index in [1.165, 1.54) is 19.2 Å². The molecule has 0 saturated heterocycles. The minimum atomic E-state index is -1.17. The van der Waals surface area contributed by atoms with E-state index in [4.69, 9.17) is 15.2 Å². The first-order valence-electron chi connectivity index (χ1n) is 11.0. The molecule has 8 heteroatoms. The summed E-state index contributed by atoms with van der Waals surface area (Å²) >= 11 is 0. The molecular formula is C25H26FN3O4. The normalized spacial score (nSPS) is 21.1. The summed E-state index contributed by atoms with van der Waals surface area (Å²) in [5, 5.41) is 3.09. The second kappa shape index (κ2) is 7.59. The van der Waals surface area contributed by atoms with Crippen molar-refractivity contribution in [2.45, 2.75) is 44.3 Å². The van der Waals surface area contributed by atoms with Crippen LogP contribution in [-0.4, -0.2) is 24.7 Å². The van der Waals surface area contributed by atoms with Crippen LogP contribution < -0.4 is 26.0 Å². The number of methoxy groups -OCH3 is 2. The van der Waals surface area contributed by atoms with Crippen molar-refractivity contribution in [2.75, 3.05) is 14.2 Å². The summed E-state index contributed by atoms with van der Waals surface area (Å²) in [5.41, 5.74) is 8.07. The Hall–Kier alpha value is -3.39. The van der Waals surface area contributed by atoms with Gasteiger partial charge in [0.1, 0.15) is 17.0 Å². The molecule has 33 heavy (non-hydrogen) atoms. The van der Waals surface area contributed by atoms with Crippen molar-refractivity contribution >= 4 is 16.8 Å². The number of aromatic nitrogens is 1. The fourth-order valence-corrected chi connectivity index (χ4v) is 5.15. The Morgan fingerprint density at radius 1 is 1.15 bits per heavy atom. The third-order valence-electron chi connectivity index (χ3n) is 6.94. The highest BCUT2D eigenvalue weighted by molar-refractivity contribution is 5.98. The van der Waals surface area contributed by atoms with Gasteiger partial charge in [-0.15, -0.1) is 0 Å². The molecule has 2 atom stereocenters. The van der Waals surface area contributed by atoms with Crippen LogP contribution >= 0.6 is 0 Å². The SMILES string of the molecule is COc1cc2c(cc1OC)C(N)(NC(=O)c1cn3c4c(cc(F)cc4c1=O)CCC3C)CC2. The van der Waals surface area contributed by atoms with Gasteiger partial charge >= 0.3 is 0 Å². The number of halogens is 1. The van der Waals surface area contributed by atoms with Crippen LogP contribution in [0.1, 0.15) is 52.9 Å². The summed E-state index contributed by atoms with van der Waals surface area (Å²) in [4.78, 5) is 26.6. The number of aryl methyl sites for hydroxylation is 2. The zero-order chi connectivity index (χ0) is 23.5. The molecule has 172 valence electrons. The maximum Gasteiger partial charge on any atom is 0.258 e. The van der Waals surface area contributed by atoms with Crippen molar-refractivity contribution in [3.63, 3.8) is 0 Å². The van der Waals surface area contributed by atoms with Gasteiger partial charge in [-0.1, -0.05) is 0 Å². The predicted octanol–water partition coefficient (Wildman–Crippen LogP) is 3.15. The minimum absolute atomic E-state index is 0.0495. The van der Waals surface area contributed by atoms with Crippen LogP contribution in [0, 0.1) is 5.82 Å². The van der Waals surface area contributed by atoms with Crippen molar-refractivity contribution in [1.29, 1.82) is 0 Å². The number of nitrogens with one attached hydrogen (secondary N) is 1. The number of nitrogens with two attached hydrogens (primary N) is 1. The number of rotatable bonds is 4. The van der Waals surface area contributed by atoms with Crippen LogP contribution in [-0.2, 0) is 18.5 Å². The quantitative estimate of drug-likeness (QED) is 0.594. The Balaban J connectivity index is 1.58. The highest BCUT2D eigenvalue weighted by Gasteiger charge is 2.38. The number of nitrogens with zero attached hydrogens (tertiary/aromatic N) is 1. The highest BCUT2D eigenvalue weighted by Crippen LogP contribution is 2.40. The summed E-state index contributed by atoms with van der Waals surface area (Å²) < 4.78 is 26.9. The number of fused-ring (bicyclic) bond motifs is 1. The highest BCUT2D eigenvalue weighted by atomic mass is 19.1. The van der Waals surface area contributed by atoms with E-state index in [1.807, 2.05) is 17.6 Å². The molecule has 3 aromatic rings. The topological polar surface area (TPSA) is 95.6 Å². The van der Waals surface area contributed by atoms with Crippen molar-refractivity contribution in [3.8, 4) is 11.5 Å². The second-order valence-corrected chi connectivity index (χ2v) is 8.92. The van der Waals surface area contributed by atoms with Crippen LogP contribution in [0.5, 0.6) is 11.5 Å². The van der Waals surface area contributed by atoms with Crippen LogP contribution in [0.25, 0.3) is 10.9 Å². The van der Waals surface area contributed by atoms with Gasteiger partial charge in [-0.05, 0) is 73.6 Å². The first-order chi connectivity index (χ1) is 15.8. The van der Waals surface area contributed by atoms with E-state index in [0.717, 1.165) is 23.1 Å². The van der Waals surface area contributed by atoms with Crippen molar-refractivity contribution in [3.05, 3.63) is 68.8 Å². The van der Waals surface area contributed by atoms with Crippen LogP contribution in [0.15, 0.2) is 35.3 Å². The minimum Gasteiger partial charge on any atom is -0.493 e. The summed E-state index contributed by atoms with van der Waals surface area (Å²) in [6.07, 6.45) is 4.17. The largest absolute Gasteiger partial charge is 0.493 e. The van der Waals surface area contributed by atoms with Crippen molar-refractivity contribution in [1.82, 2.24) is 9.88 Å². The first kappa shape index (κ1) is 21.5. The van der Waals surface area contributed by atoms with Gasteiger partial charge in [0.15, 0.2) is 11.5 Å². The Labute approximate surface area is 190 Å². The fraction of sp³-hybridized carbons (Fsp3) is 0.360. The number of ether oxygens (including phenoxy) is 2. The Bertz CT molecular complexity index is 1370. The average molecular weight is 451 g/mol. The third kappa shape index (κ3) is 3.28. The van der Waals surface area contributed by atoms with E-state index in [2.05, 4.69) is 5.32 Å². The number of carbonyl (C=O) groups excluding carboxylic acids is 1. The molecule has 2 unspecified atom stereocenters. The monoisotopic (exact) mass is 451 g/mol. The van der Waals surface area contributed by atoms with E-state index < -0.39 is 22.8 Å². The molecule has 0 fully saturated rings. The molecule has 5 rings (SSSR count). The smallest absolute Gasteiger partial charge is 0.258 e. The molecule has 1 aliphatic carbocycles. The van der Waals surface area contributed by atoms with Gasteiger partial charge in [0, 0.05) is 17.6 Å². The van der Waals surface area contributed by atoms with E-state index in [9.17, 15) is 14.0 Å². The van der Waals surface area contributed by atoms with Crippen LogP contribution in [0.2, 0.25) is 0 Å². The summed E-state index contributed by atoms with van der Waals surface area (Å²) in [6, 6.07) is 6.38. The molecule has 0 radical (unpaired) electrons. The number of carbonyl (C=O) groups is 1. The van der Waals surface area contributed by atoms with Crippen LogP contribution in [0.3, 0.4) is 0 Å². The van der Waals surface area contributed by atoms with Crippen molar-refractivity contribution < 1.29 is 18.7 Å².